The fourth-order valence-corrected chi connectivity index (χ4v) is 1.98. The van der Waals surface area contributed by atoms with Crippen LogP contribution in [0.15, 0.2) is 47.6 Å². The smallest absolute Gasteiger partial charge is 0.271 e. The van der Waals surface area contributed by atoms with Crippen LogP contribution in [-0.4, -0.2) is 29.7 Å². The molecule has 2 rings (SSSR count). The summed E-state index contributed by atoms with van der Waals surface area (Å²) in [7, 11) is 0. The van der Waals surface area contributed by atoms with Gasteiger partial charge >= 0.3 is 0 Å². The number of hydrazone groups is 1. The lowest BCUT2D eigenvalue weighted by molar-refractivity contribution is -0.119. The Morgan fingerprint density at radius 3 is 2.75 bits per heavy atom. The lowest BCUT2D eigenvalue weighted by Crippen LogP contribution is -2.20. The molecule has 4 N–H and O–H groups in total. The molecule has 0 fully saturated rings. The maximum absolute atomic E-state index is 11.8. The van der Waals surface area contributed by atoms with Crippen LogP contribution in [-0.2, 0) is 4.79 Å². The number of primary amides is 1. The Bertz CT molecular complexity index is 793. The number of hydrogen-bond donors (Lipinski definition) is 3. The zero-order chi connectivity index (χ0) is 17.5. The van der Waals surface area contributed by atoms with Gasteiger partial charge in [0.25, 0.3) is 11.8 Å². The Kier molecular flexibility index (Phi) is 5.75. The lowest BCUT2D eigenvalue weighted by atomic mass is 10.2. The van der Waals surface area contributed by atoms with E-state index in [4.69, 9.17) is 22.1 Å². The fourth-order valence-electron chi connectivity index (χ4n) is 1.74. The highest BCUT2D eigenvalue weighted by atomic mass is 35.5. The highest BCUT2D eigenvalue weighted by molar-refractivity contribution is 6.32. The largest absolute Gasteiger partial charge is 0.508 e. The Labute approximate surface area is 142 Å². The van der Waals surface area contributed by atoms with Crippen LogP contribution in [0.2, 0.25) is 5.02 Å². The molecule has 0 aromatic heterocycles. The number of hydrogen-bond acceptors (Lipinski definition) is 5. The SMILES string of the molecule is NC(=O)COc1ccc(C=NNC(=O)c2cccc(O)c2)cc1Cl. The topological polar surface area (TPSA) is 114 Å². The van der Waals surface area contributed by atoms with Gasteiger partial charge in [-0.25, -0.2) is 5.43 Å². The van der Waals surface area contributed by atoms with Gasteiger partial charge in [-0.05, 0) is 42.0 Å². The van der Waals surface area contributed by atoms with E-state index in [2.05, 4.69) is 10.5 Å². The van der Waals surface area contributed by atoms with Crippen molar-refractivity contribution < 1.29 is 19.4 Å². The monoisotopic (exact) mass is 347 g/mol. The van der Waals surface area contributed by atoms with Gasteiger partial charge in [0.1, 0.15) is 11.5 Å². The van der Waals surface area contributed by atoms with E-state index in [1.807, 2.05) is 0 Å². The second-order valence-corrected chi connectivity index (χ2v) is 5.10. The molecule has 124 valence electrons. The Balaban J connectivity index is 1.98. The number of benzene rings is 2. The number of amides is 2. The van der Waals surface area contributed by atoms with Gasteiger partial charge in [-0.15, -0.1) is 0 Å². The van der Waals surface area contributed by atoms with Crippen molar-refractivity contribution >= 4 is 29.6 Å². The van der Waals surface area contributed by atoms with Gasteiger partial charge in [-0.1, -0.05) is 17.7 Å². The minimum atomic E-state index is -0.605. The maximum atomic E-state index is 11.8. The summed E-state index contributed by atoms with van der Waals surface area (Å²) in [5.74, 6) is -0.762. The molecule has 2 aromatic rings. The van der Waals surface area contributed by atoms with Crippen molar-refractivity contribution in [2.75, 3.05) is 6.61 Å². The van der Waals surface area contributed by atoms with Crippen molar-refractivity contribution in [3.8, 4) is 11.5 Å². The highest BCUT2D eigenvalue weighted by Gasteiger charge is 2.06. The van der Waals surface area contributed by atoms with E-state index < -0.39 is 11.8 Å². The third-order valence-corrected chi connectivity index (χ3v) is 3.11. The molecule has 8 heteroatoms. The van der Waals surface area contributed by atoms with Crippen LogP contribution in [0.4, 0.5) is 0 Å². The molecule has 7 nitrogen and oxygen atoms in total. The molecule has 0 unspecified atom stereocenters. The van der Waals surface area contributed by atoms with Crippen LogP contribution in [0.1, 0.15) is 15.9 Å². The van der Waals surface area contributed by atoms with Crippen LogP contribution in [0, 0.1) is 0 Å². The number of nitrogens with two attached hydrogens (primary N) is 1. The molecule has 24 heavy (non-hydrogen) atoms. The summed E-state index contributed by atoms with van der Waals surface area (Å²) in [4.78, 5) is 22.5. The summed E-state index contributed by atoms with van der Waals surface area (Å²) >= 11 is 6.01. The molecule has 0 saturated heterocycles. The van der Waals surface area contributed by atoms with Gasteiger partial charge < -0.3 is 15.6 Å². The Morgan fingerprint density at radius 1 is 1.29 bits per heavy atom. The average molecular weight is 348 g/mol. The first-order valence-electron chi connectivity index (χ1n) is 6.79. The first kappa shape index (κ1) is 17.3. The molecule has 0 heterocycles. The second-order valence-electron chi connectivity index (χ2n) is 4.69. The van der Waals surface area contributed by atoms with E-state index in [1.165, 1.54) is 18.3 Å². The van der Waals surface area contributed by atoms with Crippen molar-refractivity contribution in [2.24, 2.45) is 10.8 Å². The van der Waals surface area contributed by atoms with E-state index in [9.17, 15) is 14.7 Å². The zero-order valence-corrected chi connectivity index (χ0v) is 13.2. The van der Waals surface area contributed by atoms with Crippen molar-refractivity contribution in [3.05, 3.63) is 58.6 Å². The third-order valence-electron chi connectivity index (χ3n) is 2.81. The van der Waals surface area contributed by atoms with E-state index in [0.29, 0.717) is 11.3 Å². The zero-order valence-electron chi connectivity index (χ0n) is 12.4. The molecular weight excluding hydrogens is 334 g/mol. The van der Waals surface area contributed by atoms with Gasteiger partial charge in [0.15, 0.2) is 6.61 Å². The number of ether oxygens (including phenoxy) is 1. The lowest BCUT2D eigenvalue weighted by Gasteiger charge is -2.06. The van der Waals surface area contributed by atoms with Crippen LogP contribution in [0.3, 0.4) is 0 Å². The van der Waals surface area contributed by atoms with Gasteiger partial charge in [0.05, 0.1) is 11.2 Å². The minimum absolute atomic E-state index is 0.00930. The van der Waals surface area contributed by atoms with Crippen molar-refractivity contribution in [1.29, 1.82) is 0 Å². The Hall–Kier alpha value is -3.06. The van der Waals surface area contributed by atoms with E-state index in [0.717, 1.165) is 0 Å². The molecule has 0 saturated carbocycles. The first-order chi connectivity index (χ1) is 11.5. The number of nitrogens with one attached hydrogen (secondary N) is 1. The van der Waals surface area contributed by atoms with Gasteiger partial charge in [-0.3, -0.25) is 9.59 Å². The van der Waals surface area contributed by atoms with E-state index in [-0.39, 0.29) is 22.9 Å². The molecule has 0 aliphatic carbocycles. The number of aromatic hydroxyl groups is 1. The summed E-state index contributed by atoms with van der Waals surface area (Å²) in [6.45, 7) is -0.271. The van der Waals surface area contributed by atoms with Gasteiger partial charge in [0.2, 0.25) is 0 Å². The molecule has 0 spiro atoms. The third kappa shape index (κ3) is 4.99. The van der Waals surface area contributed by atoms with Crippen molar-refractivity contribution in [3.63, 3.8) is 0 Å². The number of nitrogens with zero attached hydrogens (tertiary/aromatic N) is 1. The molecule has 0 aliphatic heterocycles. The predicted octanol–water partition coefficient (Wildman–Crippen LogP) is 1.67. The van der Waals surface area contributed by atoms with Crippen LogP contribution in [0.5, 0.6) is 11.5 Å². The number of carbonyl (C=O) groups is 2. The summed E-state index contributed by atoms with van der Waals surface area (Å²) in [6, 6.07) is 10.7. The van der Waals surface area contributed by atoms with Gasteiger partial charge in [-0.2, -0.15) is 5.10 Å². The summed E-state index contributed by atoms with van der Waals surface area (Å²) < 4.78 is 5.12. The van der Waals surface area contributed by atoms with Crippen molar-refractivity contribution in [2.45, 2.75) is 0 Å². The standard InChI is InChI=1S/C16H14ClN3O4/c17-13-6-10(4-5-14(13)24-9-15(18)22)8-19-20-16(23)11-2-1-3-12(21)7-11/h1-8,21H,9H2,(H2,18,22)(H,20,23). The number of phenolic OH excluding ortho intramolecular Hbond substituents is 1. The average Bonchev–Trinajstić information content (AvgIpc) is 2.53. The molecule has 0 aliphatic rings. The van der Waals surface area contributed by atoms with Gasteiger partial charge in [0, 0.05) is 5.56 Å². The first-order valence-corrected chi connectivity index (χ1v) is 7.16. The van der Waals surface area contributed by atoms with Crippen LogP contribution >= 0.6 is 11.6 Å². The number of halogens is 1. The molecule has 0 bridgehead atoms. The highest BCUT2D eigenvalue weighted by Crippen LogP contribution is 2.24. The molecular formula is C16H14ClN3O4. The molecule has 2 amide bonds. The predicted molar refractivity (Wildman–Crippen MR) is 89.3 cm³/mol. The number of phenols is 1. The minimum Gasteiger partial charge on any atom is -0.508 e. The maximum Gasteiger partial charge on any atom is 0.271 e. The Morgan fingerprint density at radius 2 is 2.08 bits per heavy atom. The summed E-state index contributed by atoms with van der Waals surface area (Å²) in [6.07, 6.45) is 1.39. The molecule has 0 radical (unpaired) electrons. The summed E-state index contributed by atoms with van der Waals surface area (Å²) in [5.41, 5.74) is 8.21. The van der Waals surface area contributed by atoms with Crippen LogP contribution in [0.25, 0.3) is 0 Å². The van der Waals surface area contributed by atoms with E-state index in [1.54, 1.807) is 30.3 Å². The van der Waals surface area contributed by atoms with E-state index >= 15 is 0 Å². The quantitative estimate of drug-likeness (QED) is 0.544. The van der Waals surface area contributed by atoms with Crippen LogP contribution < -0.4 is 15.9 Å². The molecule has 2 aromatic carbocycles. The molecule has 0 atom stereocenters. The summed E-state index contributed by atoms with van der Waals surface area (Å²) in [5, 5.41) is 13.4. The number of carbonyl (C=O) groups excluding carboxylic acids is 2. The van der Waals surface area contributed by atoms with Crippen molar-refractivity contribution in [1.82, 2.24) is 5.43 Å². The normalized spacial score (nSPS) is 10.5. The fraction of sp³-hybridized carbons (Fsp3) is 0.0625. The number of rotatable bonds is 6. The second kappa shape index (κ2) is 7.98.